The van der Waals surface area contributed by atoms with Crippen molar-refractivity contribution in [2.24, 2.45) is 0 Å². The van der Waals surface area contributed by atoms with Gasteiger partial charge in [0, 0.05) is 6.04 Å². The quantitative estimate of drug-likeness (QED) is 0.432. The van der Waals surface area contributed by atoms with Crippen molar-refractivity contribution < 1.29 is 5.11 Å². The maximum absolute atomic E-state index is 8.30. The van der Waals surface area contributed by atoms with Crippen LogP contribution in [0.1, 0.15) is 0 Å². The SMILES string of the molecule is C[Si](C)(C)CC#CCO. The lowest BCUT2D eigenvalue weighted by atomic mass is 10.6. The molecule has 0 heterocycles. The van der Waals surface area contributed by atoms with E-state index in [0.717, 1.165) is 6.04 Å². The van der Waals surface area contributed by atoms with Crippen LogP contribution < -0.4 is 0 Å². The Bertz CT molecular complexity index is 124. The molecule has 0 aliphatic heterocycles. The van der Waals surface area contributed by atoms with Crippen LogP contribution in [0.25, 0.3) is 0 Å². The van der Waals surface area contributed by atoms with Gasteiger partial charge < -0.3 is 5.11 Å². The standard InChI is InChI=1S/C7H14OSi/c1-9(2,3)7-5-4-6-8/h8H,6-7H2,1-3H3. The summed E-state index contributed by atoms with van der Waals surface area (Å²) in [6, 6.07) is 0.994. The number of hydrogen-bond acceptors (Lipinski definition) is 1. The molecule has 0 saturated carbocycles. The Hall–Kier alpha value is -0.263. The molecule has 0 atom stereocenters. The largest absolute Gasteiger partial charge is 0.384 e. The lowest BCUT2D eigenvalue weighted by Crippen LogP contribution is -2.17. The van der Waals surface area contributed by atoms with E-state index >= 15 is 0 Å². The highest BCUT2D eigenvalue weighted by molar-refractivity contribution is 6.76. The third-order valence-corrected chi connectivity index (χ3v) is 2.06. The first-order valence-corrected chi connectivity index (χ1v) is 6.83. The van der Waals surface area contributed by atoms with Gasteiger partial charge in [0.1, 0.15) is 6.61 Å². The fraction of sp³-hybridized carbons (Fsp3) is 0.714. The van der Waals surface area contributed by atoms with Gasteiger partial charge >= 0.3 is 0 Å². The van der Waals surface area contributed by atoms with E-state index in [9.17, 15) is 0 Å². The molecule has 0 spiro atoms. The van der Waals surface area contributed by atoms with Crippen molar-refractivity contribution in [2.45, 2.75) is 25.7 Å². The summed E-state index contributed by atoms with van der Waals surface area (Å²) in [6.07, 6.45) is 0. The monoisotopic (exact) mass is 142 g/mol. The number of hydrogen-bond donors (Lipinski definition) is 1. The molecule has 0 aromatic heterocycles. The first-order chi connectivity index (χ1) is 4.06. The Morgan fingerprint density at radius 3 is 2.11 bits per heavy atom. The zero-order valence-electron chi connectivity index (χ0n) is 6.36. The van der Waals surface area contributed by atoms with Gasteiger partial charge in [0.25, 0.3) is 0 Å². The molecule has 0 aliphatic carbocycles. The molecule has 0 bridgehead atoms. The Kier molecular flexibility index (Phi) is 3.60. The average Bonchev–Trinajstić information content (AvgIpc) is 1.63. The summed E-state index contributed by atoms with van der Waals surface area (Å²) in [5.41, 5.74) is 0. The lowest BCUT2D eigenvalue weighted by molar-refractivity contribution is 0.350. The van der Waals surface area contributed by atoms with Crippen LogP contribution in [-0.2, 0) is 0 Å². The predicted molar refractivity (Wildman–Crippen MR) is 43.0 cm³/mol. The zero-order chi connectivity index (χ0) is 7.33. The highest BCUT2D eigenvalue weighted by atomic mass is 28.3. The van der Waals surface area contributed by atoms with Crippen molar-refractivity contribution in [2.75, 3.05) is 6.61 Å². The van der Waals surface area contributed by atoms with E-state index in [1.54, 1.807) is 0 Å². The average molecular weight is 142 g/mol. The fourth-order valence-corrected chi connectivity index (χ4v) is 1.04. The minimum absolute atomic E-state index is 0.00444. The van der Waals surface area contributed by atoms with Crippen molar-refractivity contribution in [3.05, 3.63) is 0 Å². The van der Waals surface area contributed by atoms with Gasteiger partial charge in [-0.05, 0) is 0 Å². The minimum Gasteiger partial charge on any atom is -0.384 e. The summed E-state index contributed by atoms with van der Waals surface area (Å²) in [7, 11) is -0.979. The zero-order valence-corrected chi connectivity index (χ0v) is 7.36. The highest BCUT2D eigenvalue weighted by Gasteiger charge is 2.09. The molecular formula is C7H14OSi. The molecule has 9 heavy (non-hydrogen) atoms. The van der Waals surface area contributed by atoms with Crippen LogP contribution in [0.2, 0.25) is 25.7 Å². The Balaban J connectivity index is 3.50. The molecule has 0 unspecified atom stereocenters. The maximum Gasteiger partial charge on any atom is 0.104 e. The van der Waals surface area contributed by atoms with Crippen molar-refractivity contribution in [1.29, 1.82) is 0 Å². The number of rotatable bonds is 1. The van der Waals surface area contributed by atoms with Crippen LogP contribution in [0.4, 0.5) is 0 Å². The summed E-state index contributed by atoms with van der Waals surface area (Å²) in [5, 5.41) is 8.30. The minimum atomic E-state index is -0.979. The third kappa shape index (κ3) is 7.74. The van der Waals surface area contributed by atoms with Gasteiger partial charge in [-0.15, -0.1) is 5.92 Å². The second-order valence-electron chi connectivity index (χ2n) is 3.25. The van der Waals surface area contributed by atoms with Crippen molar-refractivity contribution >= 4 is 8.07 Å². The second-order valence-corrected chi connectivity index (χ2v) is 8.72. The molecule has 0 aromatic rings. The van der Waals surface area contributed by atoms with Gasteiger partial charge in [-0.2, -0.15) is 0 Å². The van der Waals surface area contributed by atoms with Crippen molar-refractivity contribution in [1.82, 2.24) is 0 Å². The van der Waals surface area contributed by atoms with Gasteiger partial charge in [0.15, 0.2) is 0 Å². The molecule has 1 N–H and O–H groups in total. The van der Waals surface area contributed by atoms with E-state index in [2.05, 4.69) is 31.5 Å². The predicted octanol–water partition coefficient (Wildman–Crippen LogP) is 1.32. The maximum atomic E-state index is 8.30. The molecule has 52 valence electrons. The first kappa shape index (κ1) is 8.74. The van der Waals surface area contributed by atoms with E-state index in [4.69, 9.17) is 5.11 Å². The summed E-state index contributed by atoms with van der Waals surface area (Å²) in [6.45, 7) is 6.79. The molecule has 0 radical (unpaired) electrons. The van der Waals surface area contributed by atoms with E-state index in [1.807, 2.05) is 0 Å². The molecular weight excluding hydrogens is 128 g/mol. The van der Waals surface area contributed by atoms with Crippen LogP contribution in [0.3, 0.4) is 0 Å². The summed E-state index contributed by atoms with van der Waals surface area (Å²) >= 11 is 0. The molecule has 1 nitrogen and oxygen atoms in total. The molecule has 0 fully saturated rings. The van der Waals surface area contributed by atoms with E-state index in [-0.39, 0.29) is 6.61 Å². The van der Waals surface area contributed by atoms with Gasteiger partial charge in [-0.3, -0.25) is 0 Å². The Morgan fingerprint density at radius 2 is 1.78 bits per heavy atom. The van der Waals surface area contributed by atoms with Gasteiger partial charge in [-0.1, -0.05) is 25.6 Å². The molecule has 0 amide bonds. The van der Waals surface area contributed by atoms with E-state index in [1.165, 1.54) is 0 Å². The summed E-state index contributed by atoms with van der Waals surface area (Å²) in [5.74, 6) is 5.58. The molecule has 2 heteroatoms. The Morgan fingerprint density at radius 1 is 1.22 bits per heavy atom. The van der Waals surface area contributed by atoms with Crippen LogP contribution in [-0.4, -0.2) is 19.8 Å². The lowest BCUT2D eigenvalue weighted by Gasteiger charge is -2.09. The van der Waals surface area contributed by atoms with Gasteiger partial charge in [0.05, 0.1) is 8.07 Å². The van der Waals surface area contributed by atoms with Crippen molar-refractivity contribution in [3.8, 4) is 11.8 Å². The normalized spacial score (nSPS) is 10.2. The molecule has 0 aliphatic rings. The highest BCUT2D eigenvalue weighted by Crippen LogP contribution is 2.05. The Labute approximate surface area is 58.1 Å². The van der Waals surface area contributed by atoms with Crippen LogP contribution in [0.5, 0.6) is 0 Å². The van der Waals surface area contributed by atoms with Crippen LogP contribution in [0, 0.1) is 11.8 Å². The molecule has 0 rings (SSSR count). The van der Waals surface area contributed by atoms with Crippen LogP contribution in [0.15, 0.2) is 0 Å². The number of aliphatic hydroxyl groups is 1. The second kappa shape index (κ2) is 3.70. The number of aliphatic hydroxyl groups excluding tert-OH is 1. The van der Waals surface area contributed by atoms with Crippen LogP contribution >= 0.6 is 0 Å². The first-order valence-electron chi connectivity index (χ1n) is 3.13. The summed E-state index contributed by atoms with van der Waals surface area (Å²) < 4.78 is 0. The molecule has 0 aromatic carbocycles. The third-order valence-electron chi connectivity index (χ3n) is 0.823. The molecule has 0 saturated heterocycles. The van der Waals surface area contributed by atoms with Gasteiger partial charge in [-0.25, -0.2) is 0 Å². The van der Waals surface area contributed by atoms with Gasteiger partial charge in [0.2, 0.25) is 0 Å². The topological polar surface area (TPSA) is 20.2 Å². The van der Waals surface area contributed by atoms with Crippen molar-refractivity contribution in [3.63, 3.8) is 0 Å². The van der Waals surface area contributed by atoms with E-state index < -0.39 is 8.07 Å². The summed E-state index contributed by atoms with van der Waals surface area (Å²) in [4.78, 5) is 0. The smallest absolute Gasteiger partial charge is 0.104 e. The van der Waals surface area contributed by atoms with E-state index in [0.29, 0.717) is 0 Å². The fourth-order valence-electron chi connectivity index (χ4n) is 0.384.